The first-order valence-electron chi connectivity index (χ1n) is 10.8. The Morgan fingerprint density at radius 3 is 2.65 bits per heavy atom. The number of esters is 2. The Bertz CT molecular complexity index is 1230. The molecule has 4 rings (SSSR count). The molecule has 3 aromatic rings. The Kier molecular flexibility index (Phi) is 7.29. The standard InChI is InChI=1S/C25H23ClN2O5S/c1-14(33-24(30)17-10-11-27-20(26)13-17)22(29)28-23-21(25(31)32-2)18-9-8-16(12-19(18)34-23)15-6-4-3-5-7-15/h3-7,10-11,13-14,16H,8-9,12H2,1-2H3,(H,28,29). The normalized spacial score (nSPS) is 15.7. The monoisotopic (exact) mass is 498 g/mol. The van der Waals surface area contributed by atoms with E-state index in [9.17, 15) is 14.4 Å². The number of benzene rings is 1. The van der Waals surface area contributed by atoms with E-state index in [1.807, 2.05) is 18.2 Å². The summed E-state index contributed by atoms with van der Waals surface area (Å²) in [6.07, 6.45) is 2.66. The maximum atomic E-state index is 12.8. The predicted octanol–water partition coefficient (Wildman–Crippen LogP) is 5.04. The van der Waals surface area contributed by atoms with Crippen molar-refractivity contribution in [2.45, 2.75) is 38.2 Å². The van der Waals surface area contributed by atoms with Crippen molar-refractivity contribution in [1.82, 2.24) is 4.98 Å². The number of aromatic nitrogens is 1. The number of carbonyl (C=O) groups is 3. The first-order valence-corrected chi connectivity index (χ1v) is 12.0. The average molecular weight is 499 g/mol. The third-order valence-corrected chi connectivity index (χ3v) is 7.15. The minimum absolute atomic E-state index is 0.146. The predicted molar refractivity (Wildman–Crippen MR) is 130 cm³/mol. The van der Waals surface area contributed by atoms with Crippen LogP contribution in [0, 0.1) is 0 Å². The Morgan fingerprint density at radius 2 is 1.94 bits per heavy atom. The molecule has 176 valence electrons. The minimum atomic E-state index is -1.10. The highest BCUT2D eigenvalue weighted by atomic mass is 35.5. The van der Waals surface area contributed by atoms with E-state index in [4.69, 9.17) is 21.1 Å². The number of methoxy groups -OCH3 is 1. The van der Waals surface area contributed by atoms with Gasteiger partial charge in [0.1, 0.15) is 10.2 Å². The van der Waals surface area contributed by atoms with Crippen LogP contribution in [0.1, 0.15) is 56.0 Å². The van der Waals surface area contributed by atoms with Crippen molar-refractivity contribution < 1.29 is 23.9 Å². The number of thiophene rings is 1. The summed E-state index contributed by atoms with van der Waals surface area (Å²) in [5.74, 6) is -1.40. The molecule has 0 fully saturated rings. The van der Waals surface area contributed by atoms with Crippen molar-refractivity contribution in [3.63, 3.8) is 0 Å². The van der Waals surface area contributed by atoms with Crippen LogP contribution >= 0.6 is 22.9 Å². The van der Waals surface area contributed by atoms with Gasteiger partial charge in [0, 0.05) is 11.1 Å². The Labute approximate surface area is 206 Å². The quantitative estimate of drug-likeness (QED) is 0.378. The molecule has 0 bridgehead atoms. The Morgan fingerprint density at radius 1 is 1.18 bits per heavy atom. The fourth-order valence-corrected chi connectivity index (χ4v) is 5.52. The second-order valence-electron chi connectivity index (χ2n) is 7.95. The summed E-state index contributed by atoms with van der Waals surface area (Å²) in [6.45, 7) is 1.47. The maximum Gasteiger partial charge on any atom is 0.341 e. The second-order valence-corrected chi connectivity index (χ2v) is 9.45. The lowest BCUT2D eigenvalue weighted by atomic mass is 9.83. The van der Waals surface area contributed by atoms with Crippen molar-refractivity contribution in [3.05, 3.63) is 80.9 Å². The summed E-state index contributed by atoms with van der Waals surface area (Å²) >= 11 is 7.18. The molecule has 2 aromatic heterocycles. The first-order chi connectivity index (χ1) is 16.4. The number of hydrogen-bond donors (Lipinski definition) is 1. The van der Waals surface area contributed by atoms with Crippen molar-refractivity contribution in [3.8, 4) is 0 Å². The van der Waals surface area contributed by atoms with E-state index in [0.29, 0.717) is 22.9 Å². The zero-order valence-electron chi connectivity index (χ0n) is 18.7. The lowest BCUT2D eigenvalue weighted by molar-refractivity contribution is -0.123. The molecule has 1 amide bonds. The molecule has 0 aliphatic heterocycles. The van der Waals surface area contributed by atoms with Gasteiger partial charge in [-0.05, 0) is 55.4 Å². The van der Waals surface area contributed by atoms with Gasteiger partial charge in [0.25, 0.3) is 5.91 Å². The third-order valence-electron chi connectivity index (χ3n) is 5.78. The SMILES string of the molecule is COC(=O)c1c(NC(=O)C(C)OC(=O)c2ccnc(Cl)c2)sc2c1CCC(c1ccccc1)C2. The van der Waals surface area contributed by atoms with Crippen molar-refractivity contribution in [2.24, 2.45) is 0 Å². The Hall–Kier alpha value is -3.23. The smallest absolute Gasteiger partial charge is 0.341 e. The fourth-order valence-electron chi connectivity index (χ4n) is 4.03. The zero-order chi connectivity index (χ0) is 24.2. The van der Waals surface area contributed by atoms with Crippen LogP contribution in [0.3, 0.4) is 0 Å². The summed E-state index contributed by atoms with van der Waals surface area (Å²) < 4.78 is 10.3. The van der Waals surface area contributed by atoms with Gasteiger partial charge in [-0.25, -0.2) is 14.6 Å². The second kappa shape index (κ2) is 10.4. The van der Waals surface area contributed by atoms with E-state index in [-0.39, 0.29) is 10.7 Å². The van der Waals surface area contributed by atoms with Gasteiger partial charge in [0.2, 0.25) is 0 Å². The Balaban J connectivity index is 1.52. The highest BCUT2D eigenvalue weighted by Gasteiger charge is 2.31. The van der Waals surface area contributed by atoms with Crippen LogP contribution in [-0.4, -0.2) is 36.0 Å². The summed E-state index contributed by atoms with van der Waals surface area (Å²) in [4.78, 5) is 42.7. The fraction of sp³-hybridized carbons (Fsp3) is 0.280. The molecular weight excluding hydrogens is 476 g/mol. The number of amides is 1. The summed E-state index contributed by atoms with van der Waals surface area (Å²) in [6, 6.07) is 13.1. The lowest BCUT2D eigenvalue weighted by Crippen LogP contribution is -2.30. The molecule has 0 spiro atoms. The maximum absolute atomic E-state index is 12.8. The molecule has 2 heterocycles. The third kappa shape index (κ3) is 5.13. The van der Waals surface area contributed by atoms with Crippen molar-refractivity contribution >= 4 is 45.8 Å². The molecular formula is C25H23ClN2O5S. The van der Waals surface area contributed by atoms with Gasteiger partial charge in [-0.2, -0.15) is 0 Å². The van der Waals surface area contributed by atoms with E-state index >= 15 is 0 Å². The summed E-state index contributed by atoms with van der Waals surface area (Å²) in [5.41, 5.74) is 2.73. The van der Waals surface area contributed by atoms with Crippen molar-refractivity contribution in [1.29, 1.82) is 0 Å². The molecule has 0 radical (unpaired) electrons. The van der Waals surface area contributed by atoms with Crippen LogP contribution in [0.5, 0.6) is 0 Å². The van der Waals surface area contributed by atoms with Crippen LogP contribution in [0.25, 0.3) is 0 Å². The molecule has 2 atom stereocenters. The molecule has 1 aliphatic rings. The number of ether oxygens (including phenoxy) is 2. The number of fused-ring (bicyclic) bond motifs is 1. The van der Waals surface area contributed by atoms with Crippen LogP contribution in [-0.2, 0) is 27.1 Å². The zero-order valence-corrected chi connectivity index (χ0v) is 20.2. The number of nitrogens with one attached hydrogen (secondary N) is 1. The number of rotatable bonds is 6. The molecule has 0 saturated carbocycles. The van der Waals surface area contributed by atoms with Gasteiger partial charge < -0.3 is 14.8 Å². The first kappa shape index (κ1) is 23.9. The number of anilines is 1. The number of carbonyl (C=O) groups excluding carboxylic acids is 3. The lowest BCUT2D eigenvalue weighted by Gasteiger charge is -2.22. The number of nitrogens with zero attached hydrogens (tertiary/aromatic N) is 1. The highest BCUT2D eigenvalue weighted by molar-refractivity contribution is 7.17. The van der Waals surface area contributed by atoms with Crippen LogP contribution < -0.4 is 5.32 Å². The van der Waals surface area contributed by atoms with E-state index in [1.165, 1.54) is 49.3 Å². The van der Waals surface area contributed by atoms with Gasteiger partial charge in [0.15, 0.2) is 6.10 Å². The van der Waals surface area contributed by atoms with E-state index in [0.717, 1.165) is 23.3 Å². The van der Waals surface area contributed by atoms with Crippen molar-refractivity contribution in [2.75, 3.05) is 12.4 Å². The van der Waals surface area contributed by atoms with Crippen LogP contribution in [0.2, 0.25) is 5.15 Å². The van der Waals surface area contributed by atoms with Gasteiger partial charge in [-0.1, -0.05) is 41.9 Å². The summed E-state index contributed by atoms with van der Waals surface area (Å²) in [5, 5.41) is 3.32. The van der Waals surface area contributed by atoms with E-state index in [1.54, 1.807) is 0 Å². The molecule has 34 heavy (non-hydrogen) atoms. The van der Waals surface area contributed by atoms with Gasteiger partial charge in [-0.15, -0.1) is 11.3 Å². The van der Waals surface area contributed by atoms with E-state index < -0.39 is 23.9 Å². The van der Waals surface area contributed by atoms with Crippen LogP contribution in [0.15, 0.2) is 48.7 Å². The molecule has 0 saturated heterocycles. The molecule has 2 unspecified atom stereocenters. The average Bonchev–Trinajstić information content (AvgIpc) is 3.20. The van der Waals surface area contributed by atoms with E-state index in [2.05, 4.69) is 22.4 Å². The van der Waals surface area contributed by atoms with Gasteiger partial charge in [0.05, 0.1) is 18.2 Å². The van der Waals surface area contributed by atoms with Crippen LogP contribution in [0.4, 0.5) is 5.00 Å². The molecule has 1 aromatic carbocycles. The molecule has 1 N–H and O–H groups in total. The largest absolute Gasteiger partial charge is 0.465 e. The topological polar surface area (TPSA) is 94.6 Å². The molecule has 7 nitrogen and oxygen atoms in total. The molecule has 9 heteroatoms. The highest BCUT2D eigenvalue weighted by Crippen LogP contribution is 2.42. The summed E-state index contributed by atoms with van der Waals surface area (Å²) in [7, 11) is 1.32. The number of halogens is 1. The number of hydrogen-bond acceptors (Lipinski definition) is 7. The van der Waals surface area contributed by atoms with Gasteiger partial charge in [-0.3, -0.25) is 4.79 Å². The van der Waals surface area contributed by atoms with Gasteiger partial charge >= 0.3 is 11.9 Å². The minimum Gasteiger partial charge on any atom is -0.465 e. The number of pyridine rings is 1. The molecule has 1 aliphatic carbocycles.